The van der Waals surface area contributed by atoms with Crippen molar-refractivity contribution >= 4 is 16.9 Å². The Morgan fingerprint density at radius 1 is 1.18 bits per heavy atom. The number of carbonyl (C=O) groups excluding carboxylic acids is 1. The van der Waals surface area contributed by atoms with Crippen LogP contribution >= 0.6 is 0 Å². The number of likely N-dealkylation sites (tertiary alicyclic amines) is 1. The summed E-state index contributed by atoms with van der Waals surface area (Å²) in [6.45, 7) is 10.7. The van der Waals surface area contributed by atoms with Crippen molar-refractivity contribution in [2.24, 2.45) is 17.1 Å². The second kappa shape index (κ2) is 8.78. The first kappa shape index (κ1) is 23.2. The van der Waals surface area contributed by atoms with Gasteiger partial charge in [0.25, 0.3) is 0 Å². The molecule has 1 unspecified atom stereocenters. The van der Waals surface area contributed by atoms with Crippen LogP contribution in [0.15, 0.2) is 48.7 Å². The van der Waals surface area contributed by atoms with Crippen molar-refractivity contribution < 1.29 is 9.18 Å². The number of halogens is 1. The molecule has 0 aliphatic carbocycles. The highest BCUT2D eigenvalue weighted by molar-refractivity contribution is 5.81. The van der Waals surface area contributed by atoms with E-state index < -0.39 is 11.0 Å². The molecule has 0 spiro atoms. The molecule has 0 saturated carbocycles. The Morgan fingerprint density at radius 3 is 2.48 bits per heavy atom. The van der Waals surface area contributed by atoms with Gasteiger partial charge in [-0.25, -0.2) is 13.9 Å². The molecule has 0 bridgehead atoms. The Kier molecular flexibility index (Phi) is 6.18. The summed E-state index contributed by atoms with van der Waals surface area (Å²) in [7, 11) is 0. The van der Waals surface area contributed by atoms with Gasteiger partial charge in [0.05, 0.1) is 17.4 Å². The summed E-state index contributed by atoms with van der Waals surface area (Å²) in [6, 6.07) is 12.5. The van der Waals surface area contributed by atoms with Crippen molar-refractivity contribution in [1.29, 1.82) is 0 Å². The lowest BCUT2D eigenvalue weighted by molar-refractivity contribution is 0.121. The van der Waals surface area contributed by atoms with Gasteiger partial charge in [0.2, 0.25) is 0 Å². The molecule has 2 aromatic carbocycles. The quantitative estimate of drug-likeness (QED) is 0.541. The standard InChI is InChI=1S/C26H34FN5O/c1-18(2)15-26(28,25(3,4)17-29-24(33)31-12-5-13-31)20-6-11-23-19(14-20)16-30-32(23)22-9-7-21(27)8-10-22/h6-11,14,16,18H,5,12-13,15,17,28H2,1-4H3,(H,29,33). The lowest BCUT2D eigenvalue weighted by Crippen LogP contribution is -2.57. The molecule has 2 heterocycles. The van der Waals surface area contributed by atoms with E-state index in [1.807, 2.05) is 17.2 Å². The van der Waals surface area contributed by atoms with Crippen LogP contribution in [0.5, 0.6) is 0 Å². The first-order valence-electron chi connectivity index (χ1n) is 11.7. The maximum Gasteiger partial charge on any atom is 0.317 e. The molecule has 1 aliphatic heterocycles. The number of amides is 2. The first-order chi connectivity index (χ1) is 15.6. The molecule has 1 atom stereocenters. The minimum absolute atomic E-state index is 0.0164. The zero-order chi connectivity index (χ0) is 23.8. The Morgan fingerprint density at radius 2 is 1.88 bits per heavy atom. The lowest BCUT2D eigenvalue weighted by atomic mass is 9.65. The van der Waals surface area contributed by atoms with Crippen LogP contribution in [0.2, 0.25) is 0 Å². The van der Waals surface area contributed by atoms with E-state index in [-0.39, 0.29) is 11.8 Å². The molecule has 1 saturated heterocycles. The Labute approximate surface area is 194 Å². The highest BCUT2D eigenvalue weighted by atomic mass is 19.1. The third-order valence-electron chi connectivity index (χ3n) is 6.92. The molecule has 6 nitrogen and oxygen atoms in total. The van der Waals surface area contributed by atoms with Gasteiger partial charge in [-0.05, 0) is 60.7 Å². The van der Waals surface area contributed by atoms with Crippen LogP contribution in [0, 0.1) is 17.2 Å². The fourth-order valence-electron chi connectivity index (χ4n) is 4.61. The summed E-state index contributed by atoms with van der Waals surface area (Å²) < 4.78 is 15.2. The number of nitrogens with zero attached hydrogens (tertiary/aromatic N) is 3. The maximum atomic E-state index is 13.4. The van der Waals surface area contributed by atoms with E-state index >= 15 is 0 Å². The molecule has 1 aromatic heterocycles. The number of fused-ring (bicyclic) bond motifs is 1. The summed E-state index contributed by atoms with van der Waals surface area (Å²) in [4.78, 5) is 14.3. The van der Waals surface area contributed by atoms with Crippen molar-refractivity contribution in [3.8, 4) is 5.69 Å². The average Bonchev–Trinajstić information content (AvgIpc) is 3.14. The van der Waals surface area contributed by atoms with Crippen molar-refractivity contribution in [3.05, 3.63) is 60.0 Å². The van der Waals surface area contributed by atoms with Crippen LogP contribution < -0.4 is 11.1 Å². The normalized spacial score (nSPS) is 16.0. The first-order valence-corrected chi connectivity index (χ1v) is 11.7. The Balaban J connectivity index is 1.66. The van der Waals surface area contributed by atoms with E-state index in [4.69, 9.17) is 5.73 Å². The van der Waals surface area contributed by atoms with E-state index in [1.54, 1.807) is 16.8 Å². The summed E-state index contributed by atoms with van der Waals surface area (Å²) in [5, 5.41) is 8.60. The molecule has 4 rings (SSSR count). The third kappa shape index (κ3) is 4.47. The molecule has 1 aliphatic rings. The van der Waals surface area contributed by atoms with Gasteiger partial charge in [0.15, 0.2) is 0 Å². The number of aromatic nitrogens is 2. The number of hydrogen-bond donors (Lipinski definition) is 2. The Bertz CT molecular complexity index is 1130. The van der Waals surface area contributed by atoms with E-state index in [1.165, 1.54) is 12.1 Å². The number of nitrogens with two attached hydrogens (primary N) is 1. The highest BCUT2D eigenvalue weighted by Crippen LogP contribution is 2.42. The minimum Gasteiger partial charge on any atom is -0.337 e. The largest absolute Gasteiger partial charge is 0.337 e. The number of rotatable bonds is 7. The number of urea groups is 1. The zero-order valence-corrected chi connectivity index (χ0v) is 19.9. The molecule has 2 amide bonds. The fourth-order valence-corrected chi connectivity index (χ4v) is 4.61. The molecular weight excluding hydrogens is 417 g/mol. The summed E-state index contributed by atoms with van der Waals surface area (Å²) in [5.74, 6) is 0.0977. The van der Waals surface area contributed by atoms with Crippen LogP contribution in [0.25, 0.3) is 16.6 Å². The predicted molar refractivity (Wildman–Crippen MR) is 130 cm³/mol. The molecule has 7 heteroatoms. The predicted octanol–water partition coefficient (Wildman–Crippen LogP) is 4.81. The van der Waals surface area contributed by atoms with Crippen LogP contribution in [-0.2, 0) is 5.54 Å². The zero-order valence-electron chi connectivity index (χ0n) is 19.9. The number of benzene rings is 2. The van der Waals surface area contributed by atoms with Gasteiger partial charge in [0.1, 0.15) is 5.82 Å². The van der Waals surface area contributed by atoms with E-state index in [2.05, 4.69) is 50.2 Å². The molecule has 3 aromatic rings. The van der Waals surface area contributed by atoms with Crippen LogP contribution in [0.1, 0.15) is 46.1 Å². The molecule has 33 heavy (non-hydrogen) atoms. The van der Waals surface area contributed by atoms with Gasteiger partial charge in [-0.3, -0.25) is 0 Å². The summed E-state index contributed by atoms with van der Waals surface area (Å²) in [6.07, 6.45) is 3.66. The second-order valence-corrected chi connectivity index (χ2v) is 10.3. The summed E-state index contributed by atoms with van der Waals surface area (Å²) >= 11 is 0. The molecular formula is C26H34FN5O. The smallest absolute Gasteiger partial charge is 0.317 e. The minimum atomic E-state index is -0.657. The third-order valence-corrected chi connectivity index (χ3v) is 6.92. The molecule has 3 N–H and O–H groups in total. The monoisotopic (exact) mass is 451 g/mol. The van der Waals surface area contributed by atoms with Crippen molar-refractivity contribution in [3.63, 3.8) is 0 Å². The number of hydrogen-bond acceptors (Lipinski definition) is 3. The van der Waals surface area contributed by atoms with Gasteiger partial charge in [-0.1, -0.05) is 33.8 Å². The maximum absolute atomic E-state index is 13.4. The Hall–Kier alpha value is -2.93. The topological polar surface area (TPSA) is 76.2 Å². The molecule has 1 fully saturated rings. The number of carbonyl (C=O) groups is 1. The lowest BCUT2D eigenvalue weighted by Gasteiger charge is -2.46. The van der Waals surface area contributed by atoms with E-state index in [9.17, 15) is 9.18 Å². The van der Waals surface area contributed by atoms with Crippen molar-refractivity contribution in [2.75, 3.05) is 19.6 Å². The van der Waals surface area contributed by atoms with E-state index in [0.29, 0.717) is 12.5 Å². The SMILES string of the molecule is CC(C)CC(N)(c1ccc2c(cnn2-c2ccc(F)cc2)c1)C(C)(C)CNC(=O)N1CCC1. The average molecular weight is 452 g/mol. The van der Waals surface area contributed by atoms with E-state index in [0.717, 1.165) is 48.1 Å². The van der Waals surface area contributed by atoms with Crippen molar-refractivity contribution in [2.45, 2.75) is 46.1 Å². The van der Waals surface area contributed by atoms with Crippen LogP contribution in [-0.4, -0.2) is 40.3 Å². The van der Waals surface area contributed by atoms with Gasteiger partial charge in [0, 0.05) is 36.0 Å². The second-order valence-electron chi connectivity index (χ2n) is 10.3. The van der Waals surface area contributed by atoms with Gasteiger partial charge < -0.3 is 16.0 Å². The molecule has 0 radical (unpaired) electrons. The number of nitrogens with one attached hydrogen (secondary N) is 1. The highest BCUT2D eigenvalue weighted by Gasteiger charge is 2.44. The van der Waals surface area contributed by atoms with Crippen molar-refractivity contribution in [1.82, 2.24) is 20.0 Å². The molecule has 176 valence electrons. The van der Waals surface area contributed by atoms with Crippen LogP contribution in [0.4, 0.5) is 9.18 Å². The van der Waals surface area contributed by atoms with Crippen LogP contribution in [0.3, 0.4) is 0 Å². The fraction of sp³-hybridized carbons (Fsp3) is 0.462. The summed E-state index contributed by atoms with van der Waals surface area (Å²) in [5.41, 5.74) is 8.90. The van der Waals surface area contributed by atoms with Gasteiger partial charge >= 0.3 is 6.03 Å². The van der Waals surface area contributed by atoms with Gasteiger partial charge in [-0.15, -0.1) is 0 Å². The van der Waals surface area contributed by atoms with Gasteiger partial charge in [-0.2, -0.15) is 5.10 Å².